The molecule has 0 aromatic carbocycles. The molecule has 0 aliphatic heterocycles. The van der Waals surface area contributed by atoms with Crippen LogP contribution in [0, 0.1) is 0 Å². The van der Waals surface area contributed by atoms with Crippen molar-refractivity contribution in [2.24, 2.45) is 7.05 Å². The van der Waals surface area contributed by atoms with Gasteiger partial charge in [-0.2, -0.15) is 26.3 Å². The zero-order valence-electron chi connectivity index (χ0n) is 17.0. The normalized spacial score (nSPS) is 13.3. The van der Waals surface area contributed by atoms with Crippen LogP contribution in [0.4, 0.5) is 26.3 Å². The molecule has 0 saturated heterocycles. The number of alkyl halides is 6. The molecule has 0 unspecified atom stereocenters. The highest BCUT2D eigenvalue weighted by atomic mass is 32.2. The van der Waals surface area contributed by atoms with Crippen molar-refractivity contribution >= 4 is 26.6 Å². The molecule has 14 heteroatoms. The summed E-state index contributed by atoms with van der Waals surface area (Å²) < 4.78 is 106. The molecule has 0 amide bonds. The Morgan fingerprint density at radius 3 is 2.36 bits per heavy atom. The molecule has 0 aliphatic rings. The van der Waals surface area contributed by atoms with Gasteiger partial charge in [0.2, 0.25) is 0 Å². The van der Waals surface area contributed by atoms with E-state index in [2.05, 4.69) is 15.0 Å². The first-order chi connectivity index (χ1) is 15.2. The second-order valence-electron chi connectivity index (χ2n) is 7.29. The predicted octanol–water partition coefficient (Wildman–Crippen LogP) is 4.20. The second-order valence-corrected chi connectivity index (χ2v) is 9.48. The number of imidazole rings is 2. The van der Waals surface area contributed by atoms with E-state index >= 15 is 0 Å². The molecular weight excluding hydrogens is 476 g/mol. The number of pyridine rings is 2. The minimum absolute atomic E-state index is 0.0575. The molecule has 4 rings (SSSR count). The van der Waals surface area contributed by atoms with E-state index in [0.717, 1.165) is 22.7 Å². The maximum absolute atomic E-state index is 13.2. The maximum atomic E-state index is 13.2. The maximum Gasteiger partial charge on any atom is 0.417 e. The van der Waals surface area contributed by atoms with Crippen molar-refractivity contribution in [2.45, 2.75) is 30.7 Å². The SMILES string of the molecule is CCS(=O)(=O)c1c(-c2nc3cc(CC(F)(F)F)cnc3n2C)nc2ccc(C(F)(F)F)cn12. The Kier molecular flexibility index (Phi) is 5.18. The number of nitrogens with zero attached hydrogens (tertiary/aromatic N) is 5. The van der Waals surface area contributed by atoms with Crippen LogP contribution in [0.25, 0.3) is 28.3 Å². The van der Waals surface area contributed by atoms with E-state index in [1.54, 1.807) is 0 Å². The van der Waals surface area contributed by atoms with Crippen LogP contribution >= 0.6 is 0 Å². The van der Waals surface area contributed by atoms with Crippen molar-refractivity contribution < 1.29 is 34.8 Å². The summed E-state index contributed by atoms with van der Waals surface area (Å²) in [6.45, 7) is 1.33. The predicted molar refractivity (Wildman–Crippen MR) is 105 cm³/mol. The fourth-order valence-electron chi connectivity index (χ4n) is 3.43. The van der Waals surface area contributed by atoms with Gasteiger partial charge in [-0.1, -0.05) is 6.92 Å². The molecule has 0 fully saturated rings. The fourth-order valence-corrected chi connectivity index (χ4v) is 4.58. The number of hydrogen-bond acceptors (Lipinski definition) is 5. The summed E-state index contributed by atoms with van der Waals surface area (Å²) in [5.74, 6) is -0.493. The standard InChI is InChI=1S/C19H15F6N5O2S/c1-3-33(31,32)17-14(28-13-5-4-11(9-30(13)17)19(23,24)25)16-27-12-6-10(7-18(20,21)22)8-26-15(12)29(16)2/h4-6,8-9H,3,7H2,1-2H3. The Balaban J connectivity index is 1.99. The van der Waals surface area contributed by atoms with Crippen LogP contribution in [-0.2, 0) is 29.5 Å². The van der Waals surface area contributed by atoms with E-state index in [0.29, 0.717) is 6.20 Å². The van der Waals surface area contributed by atoms with Gasteiger partial charge >= 0.3 is 12.4 Å². The number of hydrogen-bond donors (Lipinski definition) is 0. The third-order valence-corrected chi connectivity index (χ3v) is 6.70. The summed E-state index contributed by atoms with van der Waals surface area (Å²) in [6, 6.07) is 2.97. The molecule has 4 aromatic heterocycles. The summed E-state index contributed by atoms with van der Waals surface area (Å²) in [7, 11) is -2.65. The monoisotopic (exact) mass is 491 g/mol. The number of halogens is 6. The largest absolute Gasteiger partial charge is 0.417 e. The summed E-state index contributed by atoms with van der Waals surface area (Å²) in [5.41, 5.74) is -1.30. The molecule has 33 heavy (non-hydrogen) atoms. The lowest BCUT2D eigenvalue weighted by Crippen LogP contribution is -2.12. The second kappa shape index (κ2) is 7.43. The van der Waals surface area contributed by atoms with Crippen molar-refractivity contribution in [3.63, 3.8) is 0 Å². The Morgan fingerprint density at radius 2 is 1.76 bits per heavy atom. The van der Waals surface area contributed by atoms with E-state index in [-0.39, 0.29) is 33.9 Å². The highest BCUT2D eigenvalue weighted by Crippen LogP contribution is 2.34. The van der Waals surface area contributed by atoms with Crippen LogP contribution in [0.2, 0.25) is 0 Å². The van der Waals surface area contributed by atoms with Crippen LogP contribution < -0.4 is 0 Å². The minimum Gasteiger partial charge on any atom is -0.310 e. The molecule has 0 radical (unpaired) electrons. The number of aromatic nitrogens is 5. The lowest BCUT2D eigenvalue weighted by molar-refractivity contribution is -0.138. The smallest absolute Gasteiger partial charge is 0.310 e. The summed E-state index contributed by atoms with van der Waals surface area (Å²) in [6.07, 6.45) is -8.75. The van der Waals surface area contributed by atoms with E-state index < -0.39 is 45.0 Å². The molecule has 4 aromatic rings. The summed E-state index contributed by atoms with van der Waals surface area (Å²) in [5, 5.41) is -0.500. The van der Waals surface area contributed by atoms with Crippen molar-refractivity contribution in [1.82, 2.24) is 23.9 Å². The van der Waals surface area contributed by atoms with Gasteiger partial charge in [-0.25, -0.2) is 23.4 Å². The van der Waals surface area contributed by atoms with Gasteiger partial charge in [-0.3, -0.25) is 4.40 Å². The molecule has 0 atom stereocenters. The number of fused-ring (bicyclic) bond motifs is 2. The van der Waals surface area contributed by atoms with Gasteiger partial charge in [0.05, 0.1) is 17.7 Å². The minimum atomic E-state index is -4.72. The Hall–Kier alpha value is -3.16. The number of rotatable bonds is 4. The Morgan fingerprint density at radius 1 is 1.06 bits per heavy atom. The first kappa shape index (κ1) is 23.0. The topological polar surface area (TPSA) is 82.1 Å². The van der Waals surface area contributed by atoms with Crippen molar-refractivity contribution in [2.75, 3.05) is 5.75 Å². The van der Waals surface area contributed by atoms with E-state index in [4.69, 9.17) is 0 Å². The molecule has 7 nitrogen and oxygen atoms in total. The molecule has 0 saturated carbocycles. The molecule has 0 spiro atoms. The van der Waals surface area contributed by atoms with Crippen molar-refractivity contribution in [3.05, 3.63) is 41.7 Å². The summed E-state index contributed by atoms with van der Waals surface area (Å²) in [4.78, 5) is 12.4. The molecular formula is C19H15F6N5O2S. The lowest BCUT2D eigenvalue weighted by Gasteiger charge is -2.09. The van der Waals surface area contributed by atoms with Gasteiger partial charge in [0.15, 0.2) is 26.3 Å². The first-order valence-electron chi connectivity index (χ1n) is 9.42. The van der Waals surface area contributed by atoms with Crippen LogP contribution in [0.15, 0.2) is 35.6 Å². The third kappa shape index (κ3) is 4.14. The lowest BCUT2D eigenvalue weighted by atomic mass is 10.2. The molecule has 176 valence electrons. The Labute approximate surface area is 182 Å². The average Bonchev–Trinajstić information content (AvgIpc) is 3.23. The van der Waals surface area contributed by atoms with Crippen LogP contribution in [0.5, 0.6) is 0 Å². The average molecular weight is 491 g/mol. The van der Waals surface area contributed by atoms with E-state index in [9.17, 15) is 34.8 Å². The van der Waals surface area contributed by atoms with Crippen LogP contribution in [-0.4, -0.2) is 44.3 Å². The molecule has 0 aliphatic carbocycles. The Bertz CT molecular complexity index is 1480. The molecule has 4 heterocycles. The highest BCUT2D eigenvalue weighted by molar-refractivity contribution is 7.91. The van der Waals surface area contributed by atoms with Crippen LogP contribution in [0.3, 0.4) is 0 Å². The highest BCUT2D eigenvalue weighted by Gasteiger charge is 2.34. The zero-order chi connectivity index (χ0) is 24.3. The van der Waals surface area contributed by atoms with Crippen LogP contribution in [0.1, 0.15) is 18.1 Å². The zero-order valence-corrected chi connectivity index (χ0v) is 17.8. The molecule has 0 N–H and O–H groups in total. The summed E-state index contributed by atoms with van der Waals surface area (Å²) >= 11 is 0. The van der Waals surface area contributed by atoms with Crippen molar-refractivity contribution in [1.29, 1.82) is 0 Å². The fraction of sp³-hybridized carbons (Fsp3) is 0.316. The number of sulfone groups is 1. The number of aryl methyl sites for hydroxylation is 1. The van der Waals surface area contributed by atoms with Gasteiger partial charge in [0.25, 0.3) is 0 Å². The molecule has 0 bridgehead atoms. The van der Waals surface area contributed by atoms with Gasteiger partial charge in [-0.05, 0) is 23.8 Å². The van der Waals surface area contributed by atoms with Gasteiger partial charge in [0.1, 0.15) is 16.9 Å². The quantitative estimate of drug-likeness (QED) is 0.400. The van der Waals surface area contributed by atoms with Gasteiger partial charge in [0, 0.05) is 19.4 Å². The van der Waals surface area contributed by atoms with E-state index in [1.165, 1.54) is 24.6 Å². The first-order valence-corrected chi connectivity index (χ1v) is 11.1. The van der Waals surface area contributed by atoms with Crippen molar-refractivity contribution in [3.8, 4) is 11.5 Å². The van der Waals surface area contributed by atoms with E-state index in [1.807, 2.05) is 0 Å². The van der Waals surface area contributed by atoms with Gasteiger partial charge < -0.3 is 4.57 Å². The third-order valence-electron chi connectivity index (χ3n) is 4.96. The van der Waals surface area contributed by atoms with Gasteiger partial charge in [-0.15, -0.1) is 0 Å².